The first-order valence-corrected chi connectivity index (χ1v) is 5.97. The second-order valence-electron chi connectivity index (χ2n) is 4.36. The van der Waals surface area contributed by atoms with E-state index in [4.69, 9.17) is 0 Å². The lowest BCUT2D eigenvalue weighted by atomic mass is 9.96. The van der Waals surface area contributed by atoms with Gasteiger partial charge in [0.05, 0.1) is 0 Å². The average molecular weight is 208 g/mol. The molecule has 2 rings (SSSR count). The van der Waals surface area contributed by atoms with Crippen LogP contribution in [0.3, 0.4) is 0 Å². The van der Waals surface area contributed by atoms with Crippen molar-refractivity contribution in [3.63, 3.8) is 0 Å². The maximum absolute atomic E-state index is 4.21. The van der Waals surface area contributed by atoms with Gasteiger partial charge in [-0.3, -0.25) is 0 Å². The van der Waals surface area contributed by atoms with E-state index >= 15 is 0 Å². The Hall–Kier alpha value is -0.900. The highest BCUT2D eigenvalue weighted by atomic mass is 15.3. The van der Waals surface area contributed by atoms with Gasteiger partial charge in [0, 0.05) is 13.0 Å². The maximum atomic E-state index is 4.21. The van der Waals surface area contributed by atoms with Gasteiger partial charge in [0.2, 0.25) is 0 Å². The maximum Gasteiger partial charge on any atom is 0.133 e. The molecule has 0 spiro atoms. The molecule has 1 saturated heterocycles. The van der Waals surface area contributed by atoms with Crippen molar-refractivity contribution in [3.05, 3.63) is 12.2 Å². The van der Waals surface area contributed by atoms with E-state index in [0.717, 1.165) is 37.7 Å². The van der Waals surface area contributed by atoms with Crippen LogP contribution in [0.25, 0.3) is 0 Å². The molecular formula is C11H20N4. The van der Waals surface area contributed by atoms with E-state index in [9.17, 15) is 0 Å². The Balaban J connectivity index is 1.93. The van der Waals surface area contributed by atoms with Gasteiger partial charge < -0.3 is 9.88 Å². The van der Waals surface area contributed by atoms with Gasteiger partial charge in [0.15, 0.2) is 0 Å². The number of piperidine rings is 1. The molecule has 0 saturated carbocycles. The molecule has 1 fully saturated rings. The van der Waals surface area contributed by atoms with Crippen LogP contribution in [0, 0.1) is 5.92 Å². The van der Waals surface area contributed by atoms with E-state index in [1.807, 2.05) is 6.33 Å². The average Bonchev–Trinajstić information content (AvgIpc) is 2.68. The predicted octanol–water partition coefficient (Wildman–Crippen LogP) is 1.23. The highest BCUT2D eigenvalue weighted by Gasteiger charge is 2.16. The van der Waals surface area contributed by atoms with Crippen molar-refractivity contribution in [1.29, 1.82) is 0 Å². The molecule has 1 aliphatic heterocycles. The molecule has 1 aliphatic rings. The Morgan fingerprint density at radius 2 is 2.53 bits per heavy atom. The Morgan fingerprint density at radius 1 is 1.60 bits per heavy atom. The summed E-state index contributed by atoms with van der Waals surface area (Å²) in [5, 5.41) is 11.7. The summed E-state index contributed by atoms with van der Waals surface area (Å²) in [7, 11) is 0. The highest BCUT2D eigenvalue weighted by Crippen LogP contribution is 2.15. The van der Waals surface area contributed by atoms with Crippen molar-refractivity contribution in [3.8, 4) is 0 Å². The minimum atomic E-state index is 0.749. The lowest BCUT2D eigenvalue weighted by Crippen LogP contribution is -2.31. The van der Waals surface area contributed by atoms with Gasteiger partial charge in [-0.2, -0.15) is 0 Å². The zero-order chi connectivity index (χ0) is 10.5. The van der Waals surface area contributed by atoms with Crippen molar-refractivity contribution in [1.82, 2.24) is 20.1 Å². The summed E-state index contributed by atoms with van der Waals surface area (Å²) in [5.41, 5.74) is 0. The SMILES string of the molecule is CCCn1cnnc1CC1CCCNC1. The van der Waals surface area contributed by atoms with Crippen LogP contribution in [0.2, 0.25) is 0 Å². The topological polar surface area (TPSA) is 42.7 Å². The van der Waals surface area contributed by atoms with Crippen molar-refractivity contribution in [2.45, 2.75) is 39.2 Å². The largest absolute Gasteiger partial charge is 0.318 e. The van der Waals surface area contributed by atoms with Crippen molar-refractivity contribution < 1.29 is 0 Å². The summed E-state index contributed by atoms with van der Waals surface area (Å²) >= 11 is 0. The lowest BCUT2D eigenvalue weighted by Gasteiger charge is -2.22. The van der Waals surface area contributed by atoms with Crippen LogP contribution in [0.1, 0.15) is 32.0 Å². The van der Waals surface area contributed by atoms with Crippen LogP contribution >= 0.6 is 0 Å². The first-order valence-electron chi connectivity index (χ1n) is 5.97. The number of hydrogen-bond donors (Lipinski definition) is 1. The zero-order valence-corrected chi connectivity index (χ0v) is 9.45. The molecule has 0 aliphatic carbocycles. The van der Waals surface area contributed by atoms with E-state index in [1.54, 1.807) is 0 Å². The standard InChI is InChI=1S/C11H20N4/c1-2-6-15-9-13-14-11(15)7-10-4-3-5-12-8-10/h9-10,12H,2-8H2,1H3. The van der Waals surface area contributed by atoms with Crippen molar-refractivity contribution in [2.75, 3.05) is 13.1 Å². The number of aromatic nitrogens is 3. The Morgan fingerprint density at radius 3 is 3.27 bits per heavy atom. The van der Waals surface area contributed by atoms with E-state index in [2.05, 4.69) is 27.0 Å². The lowest BCUT2D eigenvalue weighted by molar-refractivity contribution is 0.366. The van der Waals surface area contributed by atoms with Crippen LogP contribution in [-0.2, 0) is 13.0 Å². The van der Waals surface area contributed by atoms with Gasteiger partial charge in [0.1, 0.15) is 12.2 Å². The van der Waals surface area contributed by atoms with Crippen LogP contribution in [0.4, 0.5) is 0 Å². The molecule has 1 aromatic heterocycles. The summed E-state index contributed by atoms with van der Waals surface area (Å²) < 4.78 is 2.19. The molecule has 0 aromatic carbocycles. The van der Waals surface area contributed by atoms with Crippen molar-refractivity contribution >= 4 is 0 Å². The first kappa shape index (κ1) is 10.6. The minimum Gasteiger partial charge on any atom is -0.318 e. The molecule has 4 nitrogen and oxygen atoms in total. The first-order chi connectivity index (χ1) is 7.40. The fourth-order valence-corrected chi connectivity index (χ4v) is 2.22. The zero-order valence-electron chi connectivity index (χ0n) is 9.45. The van der Waals surface area contributed by atoms with E-state index in [-0.39, 0.29) is 0 Å². The Bertz CT molecular complexity index is 289. The number of rotatable bonds is 4. The second kappa shape index (κ2) is 5.26. The molecule has 4 heteroatoms. The van der Waals surface area contributed by atoms with E-state index < -0.39 is 0 Å². The summed E-state index contributed by atoms with van der Waals surface area (Å²) in [6.45, 7) is 5.55. The monoisotopic (exact) mass is 208 g/mol. The molecular weight excluding hydrogens is 188 g/mol. The number of aryl methyl sites for hydroxylation is 1. The normalized spacial score (nSPS) is 21.8. The van der Waals surface area contributed by atoms with Gasteiger partial charge in [-0.05, 0) is 38.3 Å². The van der Waals surface area contributed by atoms with Gasteiger partial charge in [-0.25, -0.2) is 0 Å². The molecule has 0 bridgehead atoms. The van der Waals surface area contributed by atoms with Crippen molar-refractivity contribution in [2.24, 2.45) is 5.92 Å². The molecule has 1 aromatic rings. The van der Waals surface area contributed by atoms with Gasteiger partial charge >= 0.3 is 0 Å². The summed E-state index contributed by atoms with van der Waals surface area (Å²) in [6.07, 6.45) is 6.70. The highest BCUT2D eigenvalue weighted by molar-refractivity contribution is 4.89. The number of hydrogen-bond acceptors (Lipinski definition) is 3. The fraction of sp³-hybridized carbons (Fsp3) is 0.818. The van der Waals surface area contributed by atoms with Crippen LogP contribution in [-0.4, -0.2) is 27.9 Å². The minimum absolute atomic E-state index is 0.749. The van der Waals surface area contributed by atoms with E-state index in [0.29, 0.717) is 0 Å². The molecule has 15 heavy (non-hydrogen) atoms. The van der Waals surface area contributed by atoms with Crippen LogP contribution in [0.5, 0.6) is 0 Å². The summed E-state index contributed by atoms with van der Waals surface area (Å²) in [5.74, 6) is 1.91. The van der Waals surface area contributed by atoms with Crippen LogP contribution < -0.4 is 5.32 Å². The smallest absolute Gasteiger partial charge is 0.133 e. The Labute approximate surface area is 91.1 Å². The predicted molar refractivity (Wildman–Crippen MR) is 59.6 cm³/mol. The number of nitrogens with zero attached hydrogens (tertiary/aromatic N) is 3. The molecule has 2 heterocycles. The molecule has 0 radical (unpaired) electrons. The fourth-order valence-electron chi connectivity index (χ4n) is 2.22. The summed E-state index contributed by atoms with van der Waals surface area (Å²) in [4.78, 5) is 0. The molecule has 1 N–H and O–H groups in total. The third-order valence-electron chi connectivity index (χ3n) is 3.03. The molecule has 0 amide bonds. The van der Waals surface area contributed by atoms with Gasteiger partial charge in [-0.15, -0.1) is 10.2 Å². The quantitative estimate of drug-likeness (QED) is 0.809. The second-order valence-corrected chi connectivity index (χ2v) is 4.36. The van der Waals surface area contributed by atoms with Crippen LogP contribution in [0.15, 0.2) is 6.33 Å². The van der Waals surface area contributed by atoms with Gasteiger partial charge in [-0.1, -0.05) is 6.92 Å². The third kappa shape index (κ3) is 2.78. The summed E-state index contributed by atoms with van der Waals surface area (Å²) in [6, 6.07) is 0. The Kier molecular flexibility index (Phi) is 3.72. The molecule has 1 unspecified atom stereocenters. The number of nitrogens with one attached hydrogen (secondary N) is 1. The molecule has 1 atom stereocenters. The molecule has 84 valence electrons. The van der Waals surface area contributed by atoms with Gasteiger partial charge in [0.25, 0.3) is 0 Å². The third-order valence-corrected chi connectivity index (χ3v) is 3.03. The van der Waals surface area contributed by atoms with E-state index in [1.165, 1.54) is 19.4 Å².